The molecule has 242 valence electrons. The Kier molecular flexibility index (Phi) is 11.2. The fourth-order valence-electron chi connectivity index (χ4n) is 4.94. The van der Waals surface area contributed by atoms with Crippen molar-refractivity contribution in [1.29, 1.82) is 0 Å². The number of hydrogen-bond acceptors (Lipinski definition) is 4. The molecule has 0 aliphatic rings. The van der Waals surface area contributed by atoms with Gasteiger partial charge in [-0.3, -0.25) is 13.9 Å². The van der Waals surface area contributed by atoms with Crippen molar-refractivity contribution < 1.29 is 18.0 Å². The van der Waals surface area contributed by atoms with Crippen molar-refractivity contribution in [1.82, 2.24) is 10.2 Å². The molecular formula is C36H39Cl2N3O4S. The van der Waals surface area contributed by atoms with E-state index in [1.54, 1.807) is 36.4 Å². The highest BCUT2D eigenvalue weighted by molar-refractivity contribution is 7.92. The fourth-order valence-corrected chi connectivity index (χ4v) is 6.59. The zero-order valence-corrected chi connectivity index (χ0v) is 29.0. The number of benzene rings is 4. The summed E-state index contributed by atoms with van der Waals surface area (Å²) in [7, 11) is -4.23. The maximum Gasteiger partial charge on any atom is 0.264 e. The summed E-state index contributed by atoms with van der Waals surface area (Å²) >= 11 is 12.2. The van der Waals surface area contributed by atoms with Crippen LogP contribution in [0.1, 0.15) is 43.0 Å². The van der Waals surface area contributed by atoms with Gasteiger partial charge >= 0.3 is 0 Å². The quantitative estimate of drug-likeness (QED) is 0.179. The zero-order chi connectivity index (χ0) is 33.6. The standard InChI is InChI=1S/C36H39Cl2N3O4S/c1-25-11-18-31(21-26(25)2)41(46(44,45)32-19-16-30(38)17-20-32)24-34(42)40(23-28-12-14-29(37)15-13-28)33(35(43)39-36(3,4)5)22-27-9-7-6-8-10-27/h6-21,33H,22-24H2,1-5H3,(H,39,43)/t33-/m0/s1. The van der Waals surface area contributed by atoms with Gasteiger partial charge in [-0.1, -0.05) is 71.7 Å². The molecule has 4 aromatic carbocycles. The van der Waals surface area contributed by atoms with E-state index in [1.165, 1.54) is 29.2 Å². The lowest BCUT2D eigenvalue weighted by Crippen LogP contribution is -2.56. The summed E-state index contributed by atoms with van der Waals surface area (Å²) in [6.07, 6.45) is 0.218. The number of aryl methyl sites for hydroxylation is 2. The molecule has 0 saturated carbocycles. The number of carbonyl (C=O) groups is 2. The van der Waals surface area contributed by atoms with Crippen molar-refractivity contribution in [2.24, 2.45) is 0 Å². The number of carbonyl (C=O) groups excluding carboxylic acids is 2. The largest absolute Gasteiger partial charge is 0.350 e. The normalized spacial score (nSPS) is 12.3. The Labute approximate surface area is 282 Å². The average Bonchev–Trinajstić information content (AvgIpc) is 2.99. The summed E-state index contributed by atoms with van der Waals surface area (Å²) in [6.45, 7) is 8.93. The first-order valence-corrected chi connectivity index (χ1v) is 17.1. The molecule has 1 atom stereocenters. The van der Waals surface area contributed by atoms with Gasteiger partial charge in [0, 0.05) is 28.5 Å². The summed E-state index contributed by atoms with van der Waals surface area (Å²) in [5.41, 5.74) is 3.18. The van der Waals surface area contributed by atoms with Crippen LogP contribution in [-0.2, 0) is 32.6 Å². The molecule has 0 heterocycles. The van der Waals surface area contributed by atoms with E-state index in [1.807, 2.05) is 71.0 Å². The Hall–Kier alpha value is -3.85. The van der Waals surface area contributed by atoms with Crippen LogP contribution in [0.15, 0.2) is 102 Å². The molecule has 2 amide bonds. The Bertz CT molecular complexity index is 1770. The lowest BCUT2D eigenvalue weighted by atomic mass is 10.0. The fraction of sp³-hybridized carbons (Fsp3) is 0.278. The molecular weight excluding hydrogens is 641 g/mol. The van der Waals surface area contributed by atoms with E-state index in [2.05, 4.69) is 5.32 Å². The summed E-state index contributed by atoms with van der Waals surface area (Å²) in [6, 6.07) is 26.5. The molecule has 7 nitrogen and oxygen atoms in total. The zero-order valence-electron chi connectivity index (χ0n) is 26.6. The highest BCUT2D eigenvalue weighted by Gasteiger charge is 2.35. The highest BCUT2D eigenvalue weighted by atomic mass is 35.5. The summed E-state index contributed by atoms with van der Waals surface area (Å²) in [5.74, 6) is -0.896. The third kappa shape index (κ3) is 9.12. The lowest BCUT2D eigenvalue weighted by Gasteiger charge is -2.35. The smallest absolute Gasteiger partial charge is 0.264 e. The van der Waals surface area contributed by atoms with E-state index in [0.717, 1.165) is 26.6 Å². The van der Waals surface area contributed by atoms with Crippen molar-refractivity contribution in [3.63, 3.8) is 0 Å². The lowest BCUT2D eigenvalue weighted by molar-refractivity contribution is -0.140. The van der Waals surface area contributed by atoms with Crippen molar-refractivity contribution in [2.75, 3.05) is 10.8 Å². The third-order valence-electron chi connectivity index (χ3n) is 7.49. The van der Waals surface area contributed by atoms with Gasteiger partial charge in [-0.05, 0) is 105 Å². The minimum Gasteiger partial charge on any atom is -0.350 e. The van der Waals surface area contributed by atoms with Crippen LogP contribution >= 0.6 is 23.2 Å². The van der Waals surface area contributed by atoms with E-state index in [4.69, 9.17) is 23.2 Å². The molecule has 10 heteroatoms. The van der Waals surface area contributed by atoms with Gasteiger partial charge in [0.2, 0.25) is 11.8 Å². The molecule has 0 bridgehead atoms. The van der Waals surface area contributed by atoms with E-state index in [9.17, 15) is 18.0 Å². The molecule has 0 radical (unpaired) electrons. The van der Waals surface area contributed by atoms with Gasteiger partial charge < -0.3 is 10.2 Å². The number of nitrogens with zero attached hydrogens (tertiary/aromatic N) is 2. The average molecular weight is 681 g/mol. The predicted molar refractivity (Wildman–Crippen MR) is 186 cm³/mol. The van der Waals surface area contributed by atoms with Crippen LogP contribution in [0.25, 0.3) is 0 Å². The Morgan fingerprint density at radius 3 is 1.93 bits per heavy atom. The highest BCUT2D eigenvalue weighted by Crippen LogP contribution is 2.28. The van der Waals surface area contributed by atoms with E-state index < -0.39 is 34.1 Å². The van der Waals surface area contributed by atoms with Gasteiger partial charge in [0.15, 0.2) is 0 Å². The summed E-state index contributed by atoms with van der Waals surface area (Å²) in [5, 5.41) is 3.95. The first-order valence-electron chi connectivity index (χ1n) is 14.9. The van der Waals surface area contributed by atoms with Gasteiger partial charge in [-0.15, -0.1) is 0 Å². The molecule has 0 saturated heterocycles. The van der Waals surface area contributed by atoms with E-state index in [-0.39, 0.29) is 23.8 Å². The SMILES string of the molecule is Cc1ccc(N(CC(=O)N(Cc2ccc(Cl)cc2)[C@@H](Cc2ccccc2)C(=O)NC(C)(C)C)S(=O)(=O)c2ccc(Cl)cc2)cc1C. The van der Waals surface area contributed by atoms with Crippen molar-refractivity contribution in [3.05, 3.63) is 129 Å². The van der Waals surface area contributed by atoms with Crippen LogP contribution in [0.2, 0.25) is 10.0 Å². The molecule has 0 aromatic heterocycles. The first-order chi connectivity index (χ1) is 21.6. The monoisotopic (exact) mass is 679 g/mol. The van der Waals surface area contributed by atoms with Crippen LogP contribution in [0.4, 0.5) is 5.69 Å². The summed E-state index contributed by atoms with van der Waals surface area (Å²) in [4.78, 5) is 30.0. The number of halogens is 2. The minimum atomic E-state index is -4.23. The minimum absolute atomic E-state index is 0.0153. The summed E-state index contributed by atoms with van der Waals surface area (Å²) < 4.78 is 29.5. The first kappa shape index (κ1) is 35.0. The molecule has 0 fully saturated rings. The molecule has 4 rings (SSSR count). The Balaban J connectivity index is 1.83. The number of nitrogens with one attached hydrogen (secondary N) is 1. The molecule has 0 aliphatic heterocycles. The Morgan fingerprint density at radius 2 is 1.37 bits per heavy atom. The number of anilines is 1. The van der Waals surface area contributed by atoms with Gasteiger partial charge in [0.25, 0.3) is 10.0 Å². The number of rotatable bonds is 11. The van der Waals surface area contributed by atoms with Crippen LogP contribution in [0, 0.1) is 13.8 Å². The number of hydrogen-bond donors (Lipinski definition) is 1. The van der Waals surface area contributed by atoms with Gasteiger partial charge in [-0.2, -0.15) is 0 Å². The van der Waals surface area contributed by atoms with Crippen LogP contribution in [0.3, 0.4) is 0 Å². The predicted octanol–water partition coefficient (Wildman–Crippen LogP) is 7.36. The number of amides is 2. The van der Waals surface area contributed by atoms with E-state index in [0.29, 0.717) is 15.7 Å². The molecule has 0 aliphatic carbocycles. The third-order valence-corrected chi connectivity index (χ3v) is 9.79. The van der Waals surface area contributed by atoms with E-state index >= 15 is 0 Å². The molecule has 46 heavy (non-hydrogen) atoms. The Morgan fingerprint density at radius 1 is 0.783 bits per heavy atom. The van der Waals surface area contributed by atoms with Gasteiger partial charge in [-0.25, -0.2) is 8.42 Å². The van der Waals surface area contributed by atoms with Gasteiger partial charge in [0.1, 0.15) is 12.6 Å². The van der Waals surface area contributed by atoms with Crippen molar-refractivity contribution >= 4 is 50.7 Å². The van der Waals surface area contributed by atoms with Crippen molar-refractivity contribution in [3.8, 4) is 0 Å². The van der Waals surface area contributed by atoms with Crippen LogP contribution < -0.4 is 9.62 Å². The van der Waals surface area contributed by atoms with Crippen molar-refractivity contribution in [2.45, 2.75) is 64.1 Å². The molecule has 1 N–H and O–H groups in total. The second-order valence-corrected chi connectivity index (χ2v) is 15.1. The van der Waals surface area contributed by atoms with Crippen LogP contribution in [-0.4, -0.2) is 43.3 Å². The number of sulfonamides is 1. The topological polar surface area (TPSA) is 86.8 Å². The molecule has 0 unspecified atom stereocenters. The van der Waals surface area contributed by atoms with Crippen LogP contribution in [0.5, 0.6) is 0 Å². The molecule has 0 spiro atoms. The second kappa shape index (κ2) is 14.7. The molecule has 4 aromatic rings. The maximum atomic E-state index is 14.6. The second-order valence-electron chi connectivity index (χ2n) is 12.3. The maximum absolute atomic E-state index is 14.6. The van der Waals surface area contributed by atoms with Gasteiger partial charge in [0.05, 0.1) is 10.6 Å².